The summed E-state index contributed by atoms with van der Waals surface area (Å²) in [7, 11) is 3.12. The van der Waals surface area contributed by atoms with E-state index in [0.717, 1.165) is 70.5 Å². The van der Waals surface area contributed by atoms with Gasteiger partial charge in [0.2, 0.25) is 0 Å². The van der Waals surface area contributed by atoms with Gasteiger partial charge in [0.1, 0.15) is 0 Å². The highest BCUT2D eigenvalue weighted by Crippen LogP contribution is 2.33. The predicted octanol–water partition coefficient (Wildman–Crippen LogP) is 4.05. The third-order valence-corrected chi connectivity index (χ3v) is 7.35. The number of urea groups is 2. The molecule has 9 heteroatoms. The van der Waals surface area contributed by atoms with E-state index in [0.29, 0.717) is 16.0 Å². The van der Waals surface area contributed by atoms with Crippen molar-refractivity contribution in [3.63, 3.8) is 0 Å². The molecule has 31 heavy (non-hydrogen) atoms. The Balaban J connectivity index is 1.42. The van der Waals surface area contributed by atoms with E-state index in [9.17, 15) is 9.59 Å². The highest BCUT2D eigenvalue weighted by atomic mass is 35.5. The number of carbonyl (C=O) groups is 2. The first kappa shape index (κ1) is 24.0. The molecular weight excluding hydrogens is 437 g/mol. The quantitative estimate of drug-likeness (QED) is 0.682. The van der Waals surface area contributed by atoms with Gasteiger partial charge in [-0.15, -0.1) is 0 Å². The second-order valence-corrected chi connectivity index (χ2v) is 9.13. The molecule has 0 aromatic heterocycles. The third kappa shape index (κ3) is 5.96. The van der Waals surface area contributed by atoms with Gasteiger partial charge in [-0.1, -0.05) is 29.3 Å². The van der Waals surface area contributed by atoms with Crippen LogP contribution >= 0.6 is 23.2 Å². The molecular formula is C22H33Cl2N5O2. The molecule has 1 aromatic carbocycles. The summed E-state index contributed by atoms with van der Waals surface area (Å²) in [5, 5.41) is 6.39. The molecule has 2 N–H and O–H groups in total. The number of nitrogens with zero attached hydrogens (tertiary/aromatic N) is 3. The van der Waals surface area contributed by atoms with Crippen molar-refractivity contribution in [3.8, 4) is 0 Å². The molecule has 2 aliphatic rings. The fourth-order valence-electron chi connectivity index (χ4n) is 4.67. The monoisotopic (exact) mass is 469 g/mol. The SMILES string of the molecule is CNC(=O)N(C(=O)NC)C1CCC(CCN2CCN(c3cccc(Cl)c3Cl)CC2)CC1. The lowest BCUT2D eigenvalue weighted by atomic mass is 9.83. The van der Waals surface area contributed by atoms with E-state index in [1.165, 1.54) is 4.90 Å². The number of hydrogen-bond acceptors (Lipinski definition) is 4. The minimum absolute atomic E-state index is 0.0258. The molecule has 2 fully saturated rings. The first-order valence-electron chi connectivity index (χ1n) is 11.1. The van der Waals surface area contributed by atoms with Gasteiger partial charge < -0.3 is 15.5 Å². The summed E-state index contributed by atoms with van der Waals surface area (Å²) in [6, 6.07) is 5.11. The first-order chi connectivity index (χ1) is 14.9. The van der Waals surface area contributed by atoms with E-state index in [4.69, 9.17) is 23.2 Å². The molecule has 0 spiro atoms. The number of hydrogen-bond donors (Lipinski definition) is 2. The second-order valence-electron chi connectivity index (χ2n) is 8.35. The van der Waals surface area contributed by atoms with Gasteiger partial charge in [-0.2, -0.15) is 0 Å². The van der Waals surface area contributed by atoms with Gasteiger partial charge in [-0.3, -0.25) is 4.90 Å². The summed E-state index contributed by atoms with van der Waals surface area (Å²) in [4.78, 5) is 30.4. The number of benzene rings is 1. The van der Waals surface area contributed by atoms with E-state index < -0.39 is 0 Å². The Hall–Kier alpha value is -1.70. The maximum atomic E-state index is 12.1. The minimum atomic E-state index is -0.333. The maximum absolute atomic E-state index is 12.1. The van der Waals surface area contributed by atoms with Crippen LogP contribution in [0, 0.1) is 5.92 Å². The Morgan fingerprint density at radius 3 is 2.19 bits per heavy atom. The van der Waals surface area contributed by atoms with Crippen molar-refractivity contribution in [2.45, 2.75) is 38.1 Å². The first-order valence-corrected chi connectivity index (χ1v) is 11.8. The van der Waals surface area contributed by atoms with Crippen LogP contribution in [0.2, 0.25) is 10.0 Å². The van der Waals surface area contributed by atoms with E-state index >= 15 is 0 Å². The number of anilines is 1. The number of piperazine rings is 1. The average molecular weight is 470 g/mol. The van der Waals surface area contributed by atoms with Crippen molar-refractivity contribution < 1.29 is 9.59 Å². The molecule has 1 heterocycles. The van der Waals surface area contributed by atoms with Crippen LogP contribution in [-0.4, -0.2) is 74.7 Å². The molecule has 172 valence electrons. The Labute approximate surface area is 195 Å². The van der Waals surface area contributed by atoms with Crippen molar-refractivity contribution in [1.29, 1.82) is 0 Å². The molecule has 7 nitrogen and oxygen atoms in total. The number of imide groups is 1. The normalized spacial score (nSPS) is 22.1. The van der Waals surface area contributed by atoms with E-state index in [1.54, 1.807) is 14.1 Å². The van der Waals surface area contributed by atoms with Gasteiger partial charge in [0.25, 0.3) is 0 Å². The zero-order chi connectivity index (χ0) is 22.4. The van der Waals surface area contributed by atoms with Crippen LogP contribution < -0.4 is 15.5 Å². The lowest BCUT2D eigenvalue weighted by molar-refractivity contribution is 0.143. The Kier molecular flexibility index (Phi) is 8.69. The zero-order valence-electron chi connectivity index (χ0n) is 18.4. The van der Waals surface area contributed by atoms with Gasteiger partial charge in [0.05, 0.1) is 15.7 Å². The summed E-state index contributed by atoms with van der Waals surface area (Å²) in [5.74, 6) is 0.646. The Morgan fingerprint density at radius 2 is 1.61 bits per heavy atom. The van der Waals surface area contributed by atoms with Crippen molar-refractivity contribution in [2.24, 2.45) is 5.92 Å². The summed E-state index contributed by atoms with van der Waals surface area (Å²) < 4.78 is 0. The van der Waals surface area contributed by atoms with Crippen LogP contribution in [0.25, 0.3) is 0 Å². The van der Waals surface area contributed by atoms with Crippen LogP contribution in [0.3, 0.4) is 0 Å². The molecule has 1 saturated carbocycles. The van der Waals surface area contributed by atoms with E-state index in [1.807, 2.05) is 18.2 Å². The third-order valence-electron chi connectivity index (χ3n) is 6.54. The van der Waals surface area contributed by atoms with Crippen LogP contribution in [-0.2, 0) is 0 Å². The van der Waals surface area contributed by atoms with Gasteiger partial charge in [-0.05, 0) is 56.7 Å². The molecule has 0 bridgehead atoms. The number of nitrogens with one attached hydrogen (secondary N) is 2. The fraction of sp³-hybridized carbons (Fsp3) is 0.636. The molecule has 1 aliphatic heterocycles. The van der Waals surface area contributed by atoms with Gasteiger partial charge in [-0.25, -0.2) is 14.5 Å². The average Bonchev–Trinajstić information content (AvgIpc) is 2.80. The van der Waals surface area contributed by atoms with Crippen LogP contribution in [0.15, 0.2) is 18.2 Å². The van der Waals surface area contributed by atoms with Gasteiger partial charge in [0, 0.05) is 46.3 Å². The minimum Gasteiger partial charge on any atom is -0.368 e. The van der Waals surface area contributed by atoms with Crippen molar-refractivity contribution in [2.75, 3.05) is 51.7 Å². The molecule has 0 radical (unpaired) electrons. The number of rotatable bonds is 5. The highest BCUT2D eigenvalue weighted by molar-refractivity contribution is 6.43. The zero-order valence-corrected chi connectivity index (χ0v) is 19.9. The Morgan fingerprint density at radius 1 is 1.00 bits per heavy atom. The molecule has 4 amide bonds. The molecule has 3 rings (SSSR count). The molecule has 0 unspecified atom stereocenters. The van der Waals surface area contributed by atoms with Gasteiger partial charge in [0.15, 0.2) is 0 Å². The number of carbonyl (C=O) groups excluding carboxylic acids is 2. The molecule has 1 aliphatic carbocycles. The fourth-order valence-corrected chi connectivity index (χ4v) is 5.09. The van der Waals surface area contributed by atoms with E-state index in [-0.39, 0.29) is 18.1 Å². The van der Waals surface area contributed by atoms with Crippen molar-refractivity contribution >= 4 is 41.0 Å². The maximum Gasteiger partial charge on any atom is 0.325 e. The Bertz CT molecular complexity index is 746. The van der Waals surface area contributed by atoms with E-state index in [2.05, 4.69) is 20.4 Å². The molecule has 1 aromatic rings. The molecule has 1 saturated heterocycles. The lowest BCUT2D eigenvalue weighted by Gasteiger charge is -2.38. The summed E-state index contributed by atoms with van der Waals surface area (Å²) in [6.45, 7) is 5.00. The van der Waals surface area contributed by atoms with Crippen LogP contribution in [0.1, 0.15) is 32.1 Å². The van der Waals surface area contributed by atoms with Crippen LogP contribution in [0.5, 0.6) is 0 Å². The summed E-state index contributed by atoms with van der Waals surface area (Å²) >= 11 is 12.5. The van der Waals surface area contributed by atoms with Gasteiger partial charge >= 0.3 is 12.1 Å². The number of amides is 4. The summed E-state index contributed by atoms with van der Waals surface area (Å²) in [6.07, 6.45) is 4.99. The smallest absolute Gasteiger partial charge is 0.325 e. The summed E-state index contributed by atoms with van der Waals surface area (Å²) in [5.41, 5.74) is 1.02. The largest absolute Gasteiger partial charge is 0.368 e. The van der Waals surface area contributed by atoms with Crippen molar-refractivity contribution in [3.05, 3.63) is 28.2 Å². The van der Waals surface area contributed by atoms with Crippen molar-refractivity contribution in [1.82, 2.24) is 20.4 Å². The van der Waals surface area contributed by atoms with Crippen LogP contribution in [0.4, 0.5) is 15.3 Å². The standard InChI is InChI=1S/C22H33Cl2N5O2/c1-25-21(30)29(22(31)26-2)17-8-6-16(7-9-17)10-11-27-12-14-28(15-13-27)19-5-3-4-18(23)20(19)24/h3-5,16-17H,6-15H2,1-2H3,(H,25,30)(H,26,31). The molecule has 0 atom stereocenters. The topological polar surface area (TPSA) is 67.9 Å². The predicted molar refractivity (Wildman–Crippen MR) is 126 cm³/mol. The lowest BCUT2D eigenvalue weighted by Crippen LogP contribution is -2.53. The second kappa shape index (κ2) is 11.2. The number of halogens is 2. The highest BCUT2D eigenvalue weighted by Gasteiger charge is 2.32.